The van der Waals surface area contributed by atoms with Gasteiger partial charge in [0.25, 0.3) is 0 Å². The van der Waals surface area contributed by atoms with Crippen molar-refractivity contribution >= 4 is 11.6 Å². The number of methoxy groups -OCH3 is 1. The van der Waals surface area contributed by atoms with Gasteiger partial charge in [-0.05, 0) is 44.9 Å². The minimum atomic E-state index is -4.61. The van der Waals surface area contributed by atoms with Gasteiger partial charge in [-0.3, -0.25) is 4.79 Å². The third-order valence-electron chi connectivity index (χ3n) is 7.48. The monoisotopic (exact) mass is 490 g/mol. The van der Waals surface area contributed by atoms with Crippen LogP contribution in [0.2, 0.25) is 0 Å². The number of carbonyl (C=O) groups is 1. The molecule has 2 aliphatic rings. The van der Waals surface area contributed by atoms with Crippen LogP contribution >= 0.6 is 0 Å². The molecule has 10 heteroatoms. The van der Waals surface area contributed by atoms with E-state index in [0.717, 1.165) is 23.1 Å². The lowest BCUT2D eigenvalue weighted by Crippen LogP contribution is -2.50. The van der Waals surface area contributed by atoms with E-state index >= 15 is 0 Å². The number of nitriles is 1. The molecule has 0 radical (unpaired) electrons. The smallest absolute Gasteiger partial charge is 0.384 e. The second-order valence-electron chi connectivity index (χ2n) is 9.60. The van der Waals surface area contributed by atoms with E-state index < -0.39 is 11.7 Å². The normalized spacial score (nSPS) is 22.3. The van der Waals surface area contributed by atoms with Gasteiger partial charge in [-0.15, -0.1) is 0 Å². The van der Waals surface area contributed by atoms with Crippen LogP contribution in [0.15, 0.2) is 22.7 Å². The lowest BCUT2D eigenvalue weighted by atomic mass is 9.73. The number of piperidine rings is 1. The number of ether oxygens (including phenoxy) is 1. The Morgan fingerprint density at radius 1 is 1.34 bits per heavy atom. The van der Waals surface area contributed by atoms with Gasteiger partial charge in [0.05, 0.1) is 29.5 Å². The fourth-order valence-corrected chi connectivity index (χ4v) is 5.54. The van der Waals surface area contributed by atoms with Crippen LogP contribution in [0.25, 0.3) is 0 Å². The zero-order valence-corrected chi connectivity index (χ0v) is 20.1. The molecular formula is C25H29F3N4O3. The van der Waals surface area contributed by atoms with Crippen molar-refractivity contribution in [3.05, 3.63) is 46.3 Å². The quantitative estimate of drug-likeness (QED) is 0.606. The molecule has 1 aromatic heterocycles. The number of hydrogen-bond donors (Lipinski definition) is 0. The predicted octanol–water partition coefficient (Wildman–Crippen LogP) is 4.12. The Labute approximate surface area is 202 Å². The van der Waals surface area contributed by atoms with Gasteiger partial charge in [0.15, 0.2) is 0 Å². The molecule has 1 amide bonds. The van der Waals surface area contributed by atoms with E-state index in [1.807, 2.05) is 23.6 Å². The van der Waals surface area contributed by atoms with Crippen LogP contribution in [0.4, 0.5) is 18.9 Å². The van der Waals surface area contributed by atoms with E-state index in [4.69, 9.17) is 14.5 Å². The molecule has 2 atom stereocenters. The molecule has 0 N–H and O–H groups in total. The molecule has 0 spiro atoms. The predicted molar refractivity (Wildman–Crippen MR) is 122 cm³/mol. The van der Waals surface area contributed by atoms with E-state index in [9.17, 15) is 18.0 Å². The number of aromatic nitrogens is 1. The standard InChI is InChI=1S/C25H29F3N4O3/c1-16-21(17(2)35-30-16)6-7-23(33)31-9-8-24(15-34-3)14-32(13-19(24)12-31)20-5-4-18(11-29)22(10-20)25(26,27)28/h4-5,10,19H,6-9,12-15H2,1-3H3/t19-,24+/m1/s1. The molecule has 0 bridgehead atoms. The van der Waals surface area contributed by atoms with Gasteiger partial charge in [0, 0.05) is 62.3 Å². The average molecular weight is 491 g/mol. The average Bonchev–Trinajstić information content (AvgIpc) is 3.35. The molecule has 2 saturated heterocycles. The van der Waals surface area contributed by atoms with Crippen molar-refractivity contribution in [1.29, 1.82) is 5.26 Å². The summed E-state index contributed by atoms with van der Waals surface area (Å²) in [7, 11) is 1.62. The maximum absolute atomic E-state index is 13.5. The molecule has 0 saturated carbocycles. The van der Waals surface area contributed by atoms with Gasteiger partial charge in [-0.25, -0.2) is 0 Å². The van der Waals surface area contributed by atoms with E-state index in [2.05, 4.69) is 5.16 Å². The van der Waals surface area contributed by atoms with Crippen molar-refractivity contribution in [3.8, 4) is 6.07 Å². The summed E-state index contributed by atoms with van der Waals surface area (Å²) in [6, 6.07) is 5.49. The highest BCUT2D eigenvalue weighted by Crippen LogP contribution is 2.45. The summed E-state index contributed by atoms with van der Waals surface area (Å²) in [5, 5.41) is 13.0. The van der Waals surface area contributed by atoms with E-state index in [1.165, 1.54) is 6.07 Å². The molecule has 2 aromatic rings. The van der Waals surface area contributed by atoms with Crippen LogP contribution in [0.3, 0.4) is 0 Å². The highest BCUT2D eigenvalue weighted by molar-refractivity contribution is 5.76. The summed E-state index contributed by atoms with van der Waals surface area (Å²) >= 11 is 0. The first kappa shape index (κ1) is 25.0. The number of rotatable bonds is 6. The van der Waals surface area contributed by atoms with Crippen molar-refractivity contribution in [3.63, 3.8) is 0 Å². The highest BCUT2D eigenvalue weighted by Gasteiger charge is 2.50. The molecule has 0 aliphatic carbocycles. The lowest BCUT2D eigenvalue weighted by Gasteiger charge is -2.43. The summed E-state index contributed by atoms with van der Waals surface area (Å²) in [5.41, 5.74) is 0.610. The number of nitrogens with zero attached hydrogens (tertiary/aromatic N) is 4. The Kier molecular flexibility index (Phi) is 6.82. The van der Waals surface area contributed by atoms with Gasteiger partial charge in [-0.2, -0.15) is 18.4 Å². The summed E-state index contributed by atoms with van der Waals surface area (Å²) in [6.07, 6.45) is -2.99. The number of aryl methyl sites for hydroxylation is 2. The molecule has 2 fully saturated rings. The van der Waals surface area contributed by atoms with E-state index in [-0.39, 0.29) is 22.8 Å². The van der Waals surface area contributed by atoms with Crippen molar-refractivity contribution in [2.45, 2.75) is 39.3 Å². The van der Waals surface area contributed by atoms with Gasteiger partial charge in [-0.1, -0.05) is 5.16 Å². The zero-order valence-electron chi connectivity index (χ0n) is 20.1. The van der Waals surface area contributed by atoms with Gasteiger partial charge in [0.2, 0.25) is 5.91 Å². The molecule has 188 valence electrons. The van der Waals surface area contributed by atoms with Crippen LogP contribution in [0.5, 0.6) is 0 Å². The molecule has 35 heavy (non-hydrogen) atoms. The third kappa shape index (κ3) is 4.87. The Hall–Kier alpha value is -3.06. The second kappa shape index (κ2) is 9.53. The Morgan fingerprint density at radius 2 is 2.11 bits per heavy atom. The molecule has 1 aromatic carbocycles. The summed E-state index contributed by atoms with van der Waals surface area (Å²) < 4.78 is 51.3. The fourth-order valence-electron chi connectivity index (χ4n) is 5.54. The number of amides is 1. The largest absolute Gasteiger partial charge is 0.417 e. The molecule has 0 unspecified atom stereocenters. The molecular weight excluding hydrogens is 461 g/mol. The number of carbonyl (C=O) groups excluding carboxylic acids is 1. The van der Waals surface area contributed by atoms with E-state index in [0.29, 0.717) is 57.7 Å². The summed E-state index contributed by atoms with van der Waals surface area (Å²) in [4.78, 5) is 16.8. The van der Waals surface area contributed by atoms with Crippen molar-refractivity contribution in [2.75, 3.05) is 44.8 Å². The van der Waals surface area contributed by atoms with Crippen LogP contribution in [-0.2, 0) is 22.1 Å². The van der Waals surface area contributed by atoms with Gasteiger partial charge >= 0.3 is 6.18 Å². The molecule has 4 rings (SSSR count). The Morgan fingerprint density at radius 3 is 2.74 bits per heavy atom. The Balaban J connectivity index is 1.50. The maximum Gasteiger partial charge on any atom is 0.417 e. The van der Waals surface area contributed by atoms with Crippen LogP contribution in [-0.4, -0.2) is 55.9 Å². The first-order valence-corrected chi connectivity index (χ1v) is 11.6. The number of likely N-dealkylation sites (tertiary alicyclic amines) is 1. The number of hydrogen-bond acceptors (Lipinski definition) is 6. The van der Waals surface area contributed by atoms with Crippen molar-refractivity contribution < 1.29 is 27.2 Å². The number of halogens is 3. The molecule has 7 nitrogen and oxygen atoms in total. The Bertz CT molecular complexity index is 1120. The number of anilines is 1. The SMILES string of the molecule is COC[C@@]12CCN(C(=O)CCc3c(C)noc3C)C[C@@H]1CN(c1ccc(C#N)c(C(F)(F)F)c1)C2. The summed E-state index contributed by atoms with van der Waals surface area (Å²) in [6.45, 7) is 6.32. The van der Waals surface area contributed by atoms with Crippen LogP contribution in [0.1, 0.15) is 41.0 Å². The highest BCUT2D eigenvalue weighted by atomic mass is 19.4. The van der Waals surface area contributed by atoms with Crippen molar-refractivity contribution in [2.24, 2.45) is 11.3 Å². The maximum atomic E-state index is 13.5. The first-order chi connectivity index (χ1) is 16.6. The number of alkyl halides is 3. The second-order valence-corrected chi connectivity index (χ2v) is 9.60. The first-order valence-electron chi connectivity index (χ1n) is 11.6. The fraction of sp³-hybridized carbons (Fsp3) is 0.560. The molecule has 3 heterocycles. The minimum absolute atomic E-state index is 0.0483. The number of benzene rings is 1. The van der Waals surface area contributed by atoms with Gasteiger partial charge < -0.3 is 19.1 Å². The molecule has 2 aliphatic heterocycles. The van der Waals surface area contributed by atoms with Crippen LogP contribution < -0.4 is 4.90 Å². The van der Waals surface area contributed by atoms with Crippen LogP contribution in [0, 0.1) is 36.5 Å². The van der Waals surface area contributed by atoms with E-state index in [1.54, 1.807) is 19.2 Å². The summed E-state index contributed by atoms with van der Waals surface area (Å²) in [5.74, 6) is 0.830. The lowest BCUT2D eigenvalue weighted by molar-refractivity contribution is -0.138. The van der Waals surface area contributed by atoms with Gasteiger partial charge in [0.1, 0.15) is 5.76 Å². The zero-order chi connectivity index (χ0) is 25.4. The topological polar surface area (TPSA) is 82.6 Å². The third-order valence-corrected chi connectivity index (χ3v) is 7.48. The van der Waals surface area contributed by atoms with Crippen molar-refractivity contribution in [1.82, 2.24) is 10.1 Å². The minimum Gasteiger partial charge on any atom is -0.384 e. The number of fused-ring (bicyclic) bond motifs is 1.